The summed E-state index contributed by atoms with van der Waals surface area (Å²) in [6.45, 7) is 12.8. The number of thiophene rings is 1. The van der Waals surface area contributed by atoms with Gasteiger partial charge >= 0.3 is 5.97 Å². The van der Waals surface area contributed by atoms with Crippen molar-refractivity contribution in [2.75, 3.05) is 13.9 Å². The Bertz CT molecular complexity index is 914. The monoisotopic (exact) mass is 534 g/mol. The predicted octanol–water partition coefficient (Wildman–Crippen LogP) is 5.99. The molecule has 198 valence electrons. The lowest BCUT2D eigenvalue weighted by Gasteiger charge is -2.14. The van der Waals surface area contributed by atoms with Gasteiger partial charge in [-0.15, -0.1) is 11.3 Å². The van der Waals surface area contributed by atoms with Crippen LogP contribution in [0.2, 0.25) is 0 Å². The summed E-state index contributed by atoms with van der Waals surface area (Å²) in [6, 6.07) is 7.34. The third kappa shape index (κ3) is 17.0. The van der Waals surface area contributed by atoms with Crippen molar-refractivity contribution >= 4 is 53.6 Å². The average molecular weight is 535 g/mol. The van der Waals surface area contributed by atoms with Crippen LogP contribution in [0.4, 0.5) is 4.53 Å². The molecule has 0 saturated heterocycles. The number of rotatable bonds is 7. The van der Waals surface area contributed by atoms with Crippen molar-refractivity contribution in [2.24, 2.45) is 10.8 Å². The molecule has 1 aromatic heterocycles. The summed E-state index contributed by atoms with van der Waals surface area (Å²) >= 11 is 1.24. The number of hydrogen-bond acceptors (Lipinski definition) is 8. The minimum atomic E-state index is -1.24. The van der Waals surface area contributed by atoms with Crippen LogP contribution >= 0.6 is 19.5 Å². The Morgan fingerprint density at radius 3 is 1.89 bits per heavy atom. The van der Waals surface area contributed by atoms with Crippen LogP contribution in [0.3, 0.4) is 0 Å². The number of carboxylic acids is 1. The Balaban J connectivity index is 0. The third-order valence-corrected chi connectivity index (χ3v) is 6.38. The second-order valence-corrected chi connectivity index (χ2v) is 12.4. The molecule has 2 rings (SSSR count). The molecule has 1 heterocycles. The molecule has 0 spiro atoms. The van der Waals surface area contributed by atoms with Crippen LogP contribution in [0.1, 0.15) is 63.7 Å². The molecule has 0 fully saturated rings. The fourth-order valence-electron chi connectivity index (χ4n) is 1.83. The summed E-state index contributed by atoms with van der Waals surface area (Å²) in [4.78, 5) is 42.5. The molecule has 0 aliphatic carbocycles. The highest BCUT2D eigenvalue weighted by molar-refractivity contribution is 7.69. The van der Waals surface area contributed by atoms with Crippen molar-refractivity contribution in [1.29, 1.82) is 0 Å². The molecule has 1 aromatic carbocycles. The molecule has 0 aliphatic rings. The number of carboxylic acid groups (broad SMARTS) is 1. The first-order chi connectivity index (χ1) is 16.1. The van der Waals surface area contributed by atoms with Crippen molar-refractivity contribution in [3.8, 4) is 0 Å². The predicted molar refractivity (Wildman–Crippen MR) is 137 cm³/mol. The number of fused-ring (bicyclic) bond motifs is 1. The van der Waals surface area contributed by atoms with Gasteiger partial charge in [-0.05, 0) is 29.1 Å². The lowest BCUT2D eigenvalue weighted by Crippen LogP contribution is -2.04. The van der Waals surface area contributed by atoms with E-state index in [1.165, 1.54) is 25.4 Å². The van der Waals surface area contributed by atoms with Crippen LogP contribution < -0.4 is 0 Å². The molecule has 0 radical (unpaired) electrons. The molecular weight excluding hydrogens is 498 g/mol. The van der Waals surface area contributed by atoms with Gasteiger partial charge in [0.2, 0.25) is 0 Å². The summed E-state index contributed by atoms with van der Waals surface area (Å²) < 4.78 is 19.7. The van der Waals surface area contributed by atoms with Crippen molar-refractivity contribution < 1.29 is 43.4 Å². The average Bonchev–Trinajstić information content (AvgIpc) is 3.21. The van der Waals surface area contributed by atoms with E-state index < -0.39 is 14.1 Å². The molecule has 2 aromatic rings. The second kappa shape index (κ2) is 17.3. The van der Waals surface area contributed by atoms with E-state index in [1.54, 1.807) is 6.07 Å². The highest BCUT2D eigenvalue weighted by atomic mass is 32.1. The first-order valence-electron chi connectivity index (χ1n) is 10.4. The lowest BCUT2D eigenvalue weighted by molar-refractivity contribution is -0.114. The maximum absolute atomic E-state index is 11.6. The van der Waals surface area contributed by atoms with Crippen molar-refractivity contribution in [2.45, 2.75) is 54.6 Å². The summed E-state index contributed by atoms with van der Waals surface area (Å²) in [6.07, 6.45) is 2.38. The molecule has 11 heteroatoms. The number of halogens is 1. The van der Waals surface area contributed by atoms with Gasteiger partial charge in [0.15, 0.2) is 12.3 Å². The van der Waals surface area contributed by atoms with Gasteiger partial charge in [-0.2, -0.15) is 0 Å². The van der Waals surface area contributed by atoms with Crippen LogP contribution in [-0.4, -0.2) is 48.4 Å². The minimum Gasteiger partial charge on any atom is -0.477 e. The molecule has 0 bridgehead atoms. The number of aldehydes is 2. The van der Waals surface area contributed by atoms with Gasteiger partial charge in [-0.3, -0.25) is 4.79 Å². The minimum absolute atomic E-state index is 0.00121. The maximum Gasteiger partial charge on any atom is 0.345 e. The highest BCUT2D eigenvalue weighted by Crippen LogP contribution is 2.42. The van der Waals surface area contributed by atoms with Crippen molar-refractivity contribution in [3.05, 3.63) is 34.7 Å². The van der Waals surface area contributed by atoms with Gasteiger partial charge in [-0.25, -0.2) is 10.1 Å². The van der Waals surface area contributed by atoms with Crippen LogP contribution in [0.5, 0.6) is 0 Å². The normalized spacial score (nSPS) is 11.5. The van der Waals surface area contributed by atoms with E-state index in [-0.39, 0.29) is 23.1 Å². The first-order valence-corrected chi connectivity index (χ1v) is 12.6. The van der Waals surface area contributed by atoms with E-state index in [2.05, 4.69) is 0 Å². The van der Waals surface area contributed by atoms with Gasteiger partial charge < -0.3 is 24.0 Å². The molecule has 8 nitrogen and oxygen atoms in total. The zero-order valence-corrected chi connectivity index (χ0v) is 23.2. The van der Waals surface area contributed by atoms with Gasteiger partial charge in [0, 0.05) is 35.7 Å². The molecule has 0 saturated carbocycles. The Hall–Kier alpha value is -2.10. The number of hydrogen-bond donors (Lipinski definition) is 2. The Morgan fingerprint density at radius 1 is 1.03 bits per heavy atom. The Morgan fingerprint density at radius 2 is 1.51 bits per heavy atom. The first kappa shape index (κ1) is 35.1. The fraction of sp³-hybridized carbons (Fsp3) is 0.500. The van der Waals surface area contributed by atoms with Crippen LogP contribution in [0, 0.1) is 10.8 Å². The van der Waals surface area contributed by atoms with Crippen molar-refractivity contribution in [3.63, 3.8) is 0 Å². The van der Waals surface area contributed by atoms with Crippen molar-refractivity contribution in [1.82, 2.24) is 0 Å². The molecular formula is C24H36FO8PS. The largest absolute Gasteiger partial charge is 0.477 e. The van der Waals surface area contributed by atoms with Crippen LogP contribution in [0.25, 0.3) is 10.1 Å². The number of carbonyl (C=O) groups is 4. The Kier molecular flexibility index (Phi) is 17.4. The topological polar surface area (TPSA) is 127 Å². The molecule has 0 amide bonds. The number of methoxy groups -OCH3 is 1. The summed E-state index contributed by atoms with van der Waals surface area (Å²) in [5, 5.41) is 15.4. The molecule has 1 atom stereocenters. The van der Waals surface area contributed by atoms with Gasteiger partial charge in [0.05, 0.1) is 0 Å². The summed E-state index contributed by atoms with van der Waals surface area (Å²) in [5.74, 6) is -0.924. The zero-order chi connectivity index (χ0) is 27.8. The SMILES string of the molecule is CC(C)(C)C=O.CC(C)(C)C=O.COCOP(Cc1ccc2sc(C(=O)O)cc2c1)C(C)=O.OF. The van der Waals surface area contributed by atoms with Gasteiger partial charge in [0.25, 0.3) is 0 Å². The van der Waals surface area contributed by atoms with Crippen LogP contribution in [0.15, 0.2) is 24.3 Å². The standard InChI is InChI=1S/C14H15O5PS.2C5H10O.FHO/c1-9(15)20(19-8-18-2)7-10-3-4-12-11(5-10)6-13(21-12)14(16)17;2*1-5(2,3)4-6;1-2/h3-6H,7-8H2,1-2H3,(H,16,17);2*4H,1-3H3;2H. The lowest BCUT2D eigenvalue weighted by atomic mass is 10.0. The Labute approximate surface area is 211 Å². The quantitative estimate of drug-likeness (QED) is 0.252. The van der Waals surface area contributed by atoms with Gasteiger partial charge in [0.1, 0.15) is 25.6 Å². The number of benzene rings is 1. The van der Waals surface area contributed by atoms with E-state index in [1.807, 2.05) is 59.7 Å². The van der Waals surface area contributed by atoms with Crippen LogP contribution in [-0.2, 0) is 29.8 Å². The molecule has 35 heavy (non-hydrogen) atoms. The number of ether oxygens (including phenoxy) is 1. The zero-order valence-electron chi connectivity index (χ0n) is 21.5. The second-order valence-electron chi connectivity index (χ2n) is 9.35. The molecule has 1 unspecified atom stereocenters. The smallest absolute Gasteiger partial charge is 0.345 e. The summed E-state index contributed by atoms with van der Waals surface area (Å²) in [5.41, 5.74) is 0.674. The molecule has 0 aliphatic heterocycles. The van der Waals surface area contributed by atoms with Gasteiger partial charge in [-0.1, -0.05) is 52.1 Å². The molecule has 2 N–H and O–H groups in total. The maximum atomic E-state index is 11.6. The van der Waals surface area contributed by atoms with E-state index in [0.29, 0.717) is 11.0 Å². The number of carbonyl (C=O) groups excluding carboxylic acids is 3. The fourth-order valence-corrected chi connectivity index (χ4v) is 3.97. The highest BCUT2D eigenvalue weighted by Gasteiger charge is 2.17. The van der Waals surface area contributed by atoms with E-state index in [9.17, 15) is 19.2 Å². The number of aromatic carboxylic acids is 1. The van der Waals surface area contributed by atoms with E-state index in [0.717, 1.165) is 28.2 Å². The van der Waals surface area contributed by atoms with E-state index >= 15 is 0 Å². The van der Waals surface area contributed by atoms with E-state index in [4.69, 9.17) is 24.2 Å². The summed E-state index contributed by atoms with van der Waals surface area (Å²) in [7, 11) is 0.273. The third-order valence-electron chi connectivity index (χ3n) is 3.50.